The third-order valence-electron chi connectivity index (χ3n) is 2.37. The molecule has 0 radical (unpaired) electrons. The molecular weight excluding hydrogens is 258 g/mol. The van der Waals surface area contributed by atoms with Gasteiger partial charge in [0.05, 0.1) is 12.6 Å². The van der Waals surface area contributed by atoms with Crippen molar-refractivity contribution in [1.82, 2.24) is 5.32 Å². The van der Waals surface area contributed by atoms with Crippen molar-refractivity contribution in [3.63, 3.8) is 0 Å². The molecule has 1 rings (SSSR count). The summed E-state index contributed by atoms with van der Waals surface area (Å²) in [6, 6.07) is 4.46. The van der Waals surface area contributed by atoms with Crippen LogP contribution in [0.2, 0.25) is 0 Å². The van der Waals surface area contributed by atoms with Crippen LogP contribution in [0.3, 0.4) is 0 Å². The van der Waals surface area contributed by atoms with Crippen LogP contribution in [0.5, 0.6) is 0 Å². The van der Waals surface area contributed by atoms with Crippen LogP contribution in [0.1, 0.15) is 32.1 Å². The normalized spacial score (nSPS) is 15.2. The van der Waals surface area contributed by atoms with Crippen LogP contribution in [0.15, 0.2) is 21.2 Å². The molecule has 0 aliphatic carbocycles. The predicted molar refractivity (Wildman–Crippen MR) is 63.9 cm³/mol. The van der Waals surface area contributed by atoms with E-state index in [1.165, 1.54) is 0 Å². The highest BCUT2D eigenvalue weighted by atomic mass is 79.9. The molecule has 0 spiro atoms. The fraction of sp³-hybridized carbons (Fsp3) is 0.636. The van der Waals surface area contributed by atoms with Gasteiger partial charge in [0.25, 0.3) is 0 Å². The van der Waals surface area contributed by atoms with Crippen LogP contribution < -0.4 is 5.32 Å². The summed E-state index contributed by atoms with van der Waals surface area (Å²) in [5.41, 5.74) is 0. The zero-order valence-corrected chi connectivity index (χ0v) is 11.0. The van der Waals surface area contributed by atoms with Gasteiger partial charge in [-0.15, -0.1) is 0 Å². The average Bonchev–Trinajstić information content (AvgIpc) is 2.64. The number of nitrogens with one attached hydrogen (secondary N) is 1. The van der Waals surface area contributed by atoms with Crippen molar-refractivity contribution >= 4 is 15.9 Å². The first-order valence-corrected chi connectivity index (χ1v) is 5.96. The highest BCUT2D eigenvalue weighted by Gasteiger charge is 2.14. The first kappa shape index (κ1) is 12.7. The van der Waals surface area contributed by atoms with Gasteiger partial charge in [0.1, 0.15) is 5.76 Å². The van der Waals surface area contributed by atoms with E-state index >= 15 is 0 Å². The van der Waals surface area contributed by atoms with Crippen LogP contribution in [0.4, 0.5) is 0 Å². The van der Waals surface area contributed by atoms with Crippen LogP contribution in [-0.2, 0) is 4.74 Å². The smallest absolute Gasteiger partial charge is 0.169 e. The molecule has 1 heterocycles. The molecule has 1 N–H and O–H groups in total. The molecule has 86 valence electrons. The van der Waals surface area contributed by atoms with Gasteiger partial charge in [-0.25, -0.2) is 0 Å². The van der Waals surface area contributed by atoms with Crippen molar-refractivity contribution in [1.29, 1.82) is 0 Å². The summed E-state index contributed by atoms with van der Waals surface area (Å²) in [6.45, 7) is 4.95. The van der Waals surface area contributed by atoms with E-state index in [-0.39, 0.29) is 6.04 Å². The molecule has 3 nitrogen and oxygen atoms in total. The van der Waals surface area contributed by atoms with Crippen molar-refractivity contribution in [2.75, 3.05) is 13.7 Å². The molecular formula is C11H18BrNO2. The largest absolute Gasteiger partial charge is 0.453 e. The molecule has 1 aromatic rings. The van der Waals surface area contributed by atoms with Gasteiger partial charge in [-0.05, 0) is 41.4 Å². The van der Waals surface area contributed by atoms with E-state index in [0.717, 1.165) is 23.5 Å². The highest BCUT2D eigenvalue weighted by molar-refractivity contribution is 9.10. The average molecular weight is 276 g/mol. The number of halogens is 1. The topological polar surface area (TPSA) is 34.4 Å². The molecule has 4 heteroatoms. The summed E-state index contributed by atoms with van der Waals surface area (Å²) in [5, 5.41) is 3.46. The fourth-order valence-electron chi connectivity index (χ4n) is 1.48. The van der Waals surface area contributed by atoms with Crippen molar-refractivity contribution in [3.8, 4) is 0 Å². The van der Waals surface area contributed by atoms with E-state index < -0.39 is 0 Å². The van der Waals surface area contributed by atoms with Crippen molar-refractivity contribution in [2.45, 2.75) is 32.4 Å². The van der Waals surface area contributed by atoms with Gasteiger partial charge >= 0.3 is 0 Å². The van der Waals surface area contributed by atoms with Crippen molar-refractivity contribution in [3.05, 3.63) is 22.6 Å². The molecule has 1 aromatic heterocycles. The van der Waals surface area contributed by atoms with Crippen molar-refractivity contribution < 1.29 is 9.15 Å². The Balaban J connectivity index is 2.50. The maximum Gasteiger partial charge on any atom is 0.169 e. The molecule has 0 bridgehead atoms. The second-order valence-corrected chi connectivity index (χ2v) is 4.37. The second kappa shape index (κ2) is 6.30. The van der Waals surface area contributed by atoms with E-state index in [1.807, 2.05) is 12.1 Å². The molecule has 0 aliphatic rings. The minimum absolute atomic E-state index is 0.205. The van der Waals surface area contributed by atoms with Crippen LogP contribution in [-0.4, -0.2) is 19.8 Å². The lowest BCUT2D eigenvalue weighted by Gasteiger charge is -2.20. The minimum atomic E-state index is 0.205. The number of ether oxygens (including phenoxy) is 1. The summed E-state index contributed by atoms with van der Waals surface area (Å²) in [4.78, 5) is 0. The van der Waals surface area contributed by atoms with E-state index in [0.29, 0.717) is 6.04 Å². The van der Waals surface area contributed by atoms with E-state index in [9.17, 15) is 0 Å². The molecule has 2 unspecified atom stereocenters. The SMILES string of the molecule is CCC(COC)NC(C)c1ccc(Br)o1. The Kier molecular flexibility index (Phi) is 5.36. The minimum Gasteiger partial charge on any atom is -0.453 e. The van der Waals surface area contributed by atoms with Gasteiger partial charge < -0.3 is 14.5 Å². The van der Waals surface area contributed by atoms with Crippen LogP contribution >= 0.6 is 15.9 Å². The summed E-state index contributed by atoms with van der Waals surface area (Å²) < 4.78 is 11.4. The Labute approximate surface area is 99.3 Å². The van der Waals surface area contributed by atoms with Gasteiger partial charge in [0.15, 0.2) is 4.67 Å². The summed E-state index contributed by atoms with van der Waals surface area (Å²) in [7, 11) is 1.72. The fourth-order valence-corrected chi connectivity index (χ4v) is 1.80. The molecule has 0 aromatic carbocycles. The molecule has 15 heavy (non-hydrogen) atoms. The Morgan fingerprint density at radius 1 is 1.53 bits per heavy atom. The van der Waals surface area contributed by atoms with Gasteiger partial charge in [-0.3, -0.25) is 0 Å². The lowest BCUT2D eigenvalue weighted by molar-refractivity contribution is 0.157. The summed E-state index contributed by atoms with van der Waals surface area (Å²) in [5.74, 6) is 0.941. The number of methoxy groups -OCH3 is 1. The standard InChI is InChI=1S/C11H18BrNO2/c1-4-9(7-14-3)13-8(2)10-5-6-11(12)15-10/h5-6,8-9,13H,4,7H2,1-3H3. The zero-order valence-electron chi connectivity index (χ0n) is 9.42. The summed E-state index contributed by atoms with van der Waals surface area (Å²) >= 11 is 3.30. The number of furan rings is 1. The van der Waals surface area contributed by atoms with Gasteiger partial charge in [-0.1, -0.05) is 6.92 Å². The predicted octanol–water partition coefficient (Wildman–Crippen LogP) is 3.12. The Bertz CT molecular complexity index is 288. The van der Waals surface area contributed by atoms with Crippen LogP contribution in [0.25, 0.3) is 0 Å². The molecule has 0 aliphatic heterocycles. The van der Waals surface area contributed by atoms with Gasteiger partial charge in [0.2, 0.25) is 0 Å². The Hall–Kier alpha value is -0.320. The Morgan fingerprint density at radius 3 is 2.73 bits per heavy atom. The molecule has 0 fully saturated rings. The third-order valence-corrected chi connectivity index (χ3v) is 2.79. The van der Waals surface area contributed by atoms with E-state index in [2.05, 4.69) is 35.1 Å². The monoisotopic (exact) mass is 275 g/mol. The lowest BCUT2D eigenvalue weighted by Crippen LogP contribution is -2.34. The third kappa shape index (κ3) is 3.97. The molecule has 2 atom stereocenters. The van der Waals surface area contributed by atoms with E-state index in [4.69, 9.17) is 9.15 Å². The second-order valence-electron chi connectivity index (χ2n) is 3.59. The quantitative estimate of drug-likeness (QED) is 0.866. The van der Waals surface area contributed by atoms with E-state index in [1.54, 1.807) is 7.11 Å². The molecule has 0 saturated heterocycles. The highest BCUT2D eigenvalue weighted by Crippen LogP contribution is 2.20. The Morgan fingerprint density at radius 2 is 2.27 bits per heavy atom. The van der Waals surface area contributed by atoms with Crippen molar-refractivity contribution in [2.24, 2.45) is 0 Å². The number of hydrogen-bond acceptors (Lipinski definition) is 3. The maximum absolute atomic E-state index is 5.48. The zero-order chi connectivity index (χ0) is 11.3. The van der Waals surface area contributed by atoms with Crippen LogP contribution in [0, 0.1) is 0 Å². The maximum atomic E-state index is 5.48. The first-order chi connectivity index (χ1) is 7.17. The number of rotatable bonds is 6. The van der Waals surface area contributed by atoms with Gasteiger partial charge in [0, 0.05) is 13.2 Å². The molecule has 0 saturated carbocycles. The first-order valence-electron chi connectivity index (χ1n) is 5.17. The van der Waals surface area contributed by atoms with Gasteiger partial charge in [-0.2, -0.15) is 0 Å². The molecule has 0 amide bonds. The number of hydrogen-bond donors (Lipinski definition) is 1. The lowest BCUT2D eigenvalue weighted by atomic mass is 10.2. The summed E-state index contributed by atoms with van der Waals surface area (Å²) in [6.07, 6.45) is 1.04.